The van der Waals surface area contributed by atoms with E-state index in [1.54, 1.807) is 13.8 Å². The topological polar surface area (TPSA) is 156 Å². The number of benzene rings is 1. The second-order valence-electron chi connectivity index (χ2n) is 10.3. The third-order valence-electron chi connectivity index (χ3n) is 6.06. The van der Waals surface area contributed by atoms with Gasteiger partial charge in [-0.3, -0.25) is 5.32 Å². The highest BCUT2D eigenvalue weighted by Crippen LogP contribution is 2.31. The van der Waals surface area contributed by atoms with Gasteiger partial charge in [-0.05, 0) is 49.8 Å². The van der Waals surface area contributed by atoms with Gasteiger partial charge in [0, 0.05) is 12.5 Å². The van der Waals surface area contributed by atoms with Crippen molar-refractivity contribution in [2.45, 2.75) is 92.3 Å². The number of carboxylic acids is 1. The maximum absolute atomic E-state index is 12.4. The summed E-state index contributed by atoms with van der Waals surface area (Å²) in [5.74, 6) is -1.63. The predicted molar refractivity (Wildman–Crippen MR) is 149 cm³/mol. The molecule has 1 aromatic rings. The summed E-state index contributed by atoms with van der Waals surface area (Å²) in [6.07, 6.45) is -0.659. The maximum Gasteiger partial charge on any atom is 0.513 e. The quantitative estimate of drug-likeness (QED) is 0.0717. The van der Waals surface area contributed by atoms with Crippen molar-refractivity contribution < 1.29 is 52.7 Å². The lowest BCUT2D eigenvalue weighted by Crippen LogP contribution is -2.59. The van der Waals surface area contributed by atoms with Crippen molar-refractivity contribution in [3.05, 3.63) is 23.8 Å². The van der Waals surface area contributed by atoms with Crippen molar-refractivity contribution in [2.75, 3.05) is 19.8 Å². The minimum Gasteiger partial charge on any atom is -0.477 e. The van der Waals surface area contributed by atoms with Crippen molar-refractivity contribution in [3.63, 3.8) is 0 Å². The predicted octanol–water partition coefficient (Wildman–Crippen LogP) is 6.08. The van der Waals surface area contributed by atoms with E-state index in [0.717, 1.165) is 19.3 Å². The molecule has 0 aliphatic heterocycles. The molecule has 0 spiro atoms. The number of carboxylic acid groups (broad SMARTS) is 1. The fourth-order valence-electron chi connectivity index (χ4n) is 3.24. The van der Waals surface area contributed by atoms with Gasteiger partial charge in [0.2, 0.25) is 0 Å². The van der Waals surface area contributed by atoms with Gasteiger partial charge in [-0.15, -0.1) is 0 Å². The Balaban J connectivity index is 3.33. The highest BCUT2D eigenvalue weighted by molar-refractivity contribution is 5.80. The number of carbonyl (C=O) groups excluding carboxylic acids is 3. The molecule has 232 valence electrons. The fraction of sp³-hybridized carbons (Fsp3) is 0.655. The Hall–Kier alpha value is -3.54. The van der Waals surface area contributed by atoms with E-state index < -0.39 is 36.2 Å². The number of hydrogen-bond acceptors (Lipinski definition) is 11. The van der Waals surface area contributed by atoms with Gasteiger partial charge in [0.15, 0.2) is 11.5 Å². The first-order valence-electron chi connectivity index (χ1n) is 14.0. The van der Waals surface area contributed by atoms with Crippen LogP contribution in [0.1, 0.15) is 79.7 Å². The molecule has 0 radical (unpaired) electrons. The Labute approximate surface area is 241 Å². The lowest BCUT2D eigenvalue weighted by Gasteiger charge is -2.31. The lowest BCUT2D eigenvalue weighted by molar-refractivity contribution is -0.166. The van der Waals surface area contributed by atoms with E-state index in [0.29, 0.717) is 6.42 Å². The molecular formula is C29H45NO11. The van der Waals surface area contributed by atoms with Gasteiger partial charge < -0.3 is 33.5 Å². The van der Waals surface area contributed by atoms with Gasteiger partial charge in [-0.1, -0.05) is 59.9 Å². The first-order valence-corrected chi connectivity index (χ1v) is 14.0. The van der Waals surface area contributed by atoms with Crippen LogP contribution in [-0.4, -0.2) is 61.1 Å². The van der Waals surface area contributed by atoms with Crippen molar-refractivity contribution in [2.24, 2.45) is 11.8 Å². The zero-order chi connectivity index (χ0) is 31.0. The molecule has 0 aromatic heterocycles. The molecule has 0 bridgehead atoms. The van der Waals surface area contributed by atoms with Gasteiger partial charge in [0.05, 0.1) is 19.8 Å². The average molecular weight is 584 g/mol. The van der Waals surface area contributed by atoms with Gasteiger partial charge in [0.25, 0.3) is 5.72 Å². The van der Waals surface area contributed by atoms with E-state index in [2.05, 4.69) is 5.32 Å². The molecule has 12 nitrogen and oxygen atoms in total. The summed E-state index contributed by atoms with van der Waals surface area (Å²) < 4.78 is 31.2. The van der Waals surface area contributed by atoms with Crippen LogP contribution in [-0.2, 0) is 30.2 Å². The number of hydrogen-bond donors (Lipinski definition) is 2. The second-order valence-corrected chi connectivity index (χ2v) is 10.3. The summed E-state index contributed by atoms with van der Waals surface area (Å²) in [6.45, 7) is 13.3. The molecule has 0 fully saturated rings. The molecular weight excluding hydrogens is 538 g/mol. The van der Waals surface area contributed by atoms with Crippen LogP contribution in [0, 0.1) is 11.8 Å². The molecule has 1 rings (SSSR count). The fourth-order valence-corrected chi connectivity index (χ4v) is 3.24. The molecule has 0 saturated carbocycles. The molecule has 0 aliphatic carbocycles. The van der Waals surface area contributed by atoms with Crippen LogP contribution in [0.3, 0.4) is 0 Å². The van der Waals surface area contributed by atoms with Crippen LogP contribution in [0.15, 0.2) is 18.2 Å². The van der Waals surface area contributed by atoms with E-state index >= 15 is 0 Å². The normalized spacial score (nSPS) is 13.9. The molecule has 0 amide bonds. The van der Waals surface area contributed by atoms with Crippen LogP contribution in [0.25, 0.3) is 0 Å². The van der Waals surface area contributed by atoms with E-state index in [1.807, 2.05) is 34.6 Å². The van der Waals surface area contributed by atoms with Crippen LogP contribution >= 0.6 is 0 Å². The highest BCUT2D eigenvalue weighted by atomic mass is 16.8. The van der Waals surface area contributed by atoms with Gasteiger partial charge >= 0.3 is 24.4 Å². The summed E-state index contributed by atoms with van der Waals surface area (Å²) in [5, 5.41) is 12.9. The minimum absolute atomic E-state index is 0.0721. The van der Waals surface area contributed by atoms with Crippen LogP contribution in [0.5, 0.6) is 11.5 Å². The molecule has 1 aromatic carbocycles. The van der Waals surface area contributed by atoms with Crippen molar-refractivity contribution >= 4 is 24.4 Å². The summed E-state index contributed by atoms with van der Waals surface area (Å²) >= 11 is 0. The minimum atomic E-state index is -2.22. The second kappa shape index (κ2) is 18.0. The molecule has 2 N–H and O–H groups in total. The lowest BCUT2D eigenvalue weighted by atomic mass is 10.0. The zero-order valence-electron chi connectivity index (χ0n) is 25.2. The van der Waals surface area contributed by atoms with E-state index in [4.69, 9.17) is 28.4 Å². The standard InChI is InChI=1S/C29H45NO11/c1-8-11-14-36-28(35)41-29(25(31)32,30-19(4)5)16-22-12-13-23(39-26(33)37-17-20(6)9-2)24(15-22)40-27(34)38-18-21(7)10-3/h12-13,15,19-21,30H,8-11,14,16-18H2,1-7H3,(H,31,32)/t20?,21?,29-/m0/s1. The molecule has 41 heavy (non-hydrogen) atoms. The first kappa shape index (κ1) is 35.5. The number of ether oxygens (including phenoxy) is 6. The monoisotopic (exact) mass is 583 g/mol. The first-order chi connectivity index (χ1) is 19.3. The third-order valence-corrected chi connectivity index (χ3v) is 6.06. The number of unbranched alkanes of at least 4 members (excludes halogenated alkanes) is 1. The number of carbonyl (C=O) groups is 4. The largest absolute Gasteiger partial charge is 0.513 e. The Morgan fingerprint density at radius 1 is 0.829 bits per heavy atom. The van der Waals surface area contributed by atoms with E-state index in [1.165, 1.54) is 18.2 Å². The summed E-state index contributed by atoms with van der Waals surface area (Å²) in [4.78, 5) is 49.6. The summed E-state index contributed by atoms with van der Waals surface area (Å²) in [5.41, 5.74) is -1.95. The average Bonchev–Trinajstić information content (AvgIpc) is 2.91. The van der Waals surface area contributed by atoms with Gasteiger partial charge in [0.1, 0.15) is 0 Å². The van der Waals surface area contributed by atoms with Crippen LogP contribution in [0.2, 0.25) is 0 Å². The van der Waals surface area contributed by atoms with E-state index in [9.17, 15) is 24.3 Å². The summed E-state index contributed by atoms with van der Waals surface area (Å²) in [7, 11) is 0. The van der Waals surface area contributed by atoms with Gasteiger partial charge in [-0.2, -0.15) is 0 Å². The summed E-state index contributed by atoms with van der Waals surface area (Å²) in [6, 6.07) is 3.65. The SMILES string of the molecule is CCCCOC(=O)O[C@](Cc1ccc(OC(=O)OCC(C)CC)c(OC(=O)OCC(C)CC)c1)(NC(C)C)C(=O)O. The van der Waals surface area contributed by atoms with E-state index in [-0.39, 0.29) is 55.1 Å². The number of aliphatic carboxylic acids is 1. The molecule has 0 aliphatic rings. The molecule has 3 atom stereocenters. The van der Waals surface area contributed by atoms with Crippen LogP contribution in [0.4, 0.5) is 14.4 Å². The third kappa shape index (κ3) is 13.1. The Morgan fingerprint density at radius 3 is 1.88 bits per heavy atom. The molecule has 0 heterocycles. The highest BCUT2D eigenvalue weighted by Gasteiger charge is 2.44. The molecule has 12 heteroatoms. The number of nitrogens with one attached hydrogen (secondary N) is 1. The van der Waals surface area contributed by atoms with Crippen molar-refractivity contribution in [3.8, 4) is 11.5 Å². The Bertz CT molecular complexity index is 997. The Kier molecular flexibility index (Phi) is 15.6. The smallest absolute Gasteiger partial charge is 0.477 e. The van der Waals surface area contributed by atoms with Crippen LogP contribution < -0.4 is 14.8 Å². The van der Waals surface area contributed by atoms with Crippen molar-refractivity contribution in [1.29, 1.82) is 0 Å². The molecule has 0 saturated heterocycles. The Morgan fingerprint density at radius 2 is 1.39 bits per heavy atom. The van der Waals surface area contributed by atoms with Crippen molar-refractivity contribution in [1.82, 2.24) is 5.32 Å². The maximum atomic E-state index is 12.4. The van der Waals surface area contributed by atoms with Gasteiger partial charge in [-0.25, -0.2) is 19.2 Å². The molecule has 2 unspecified atom stereocenters. The zero-order valence-corrected chi connectivity index (χ0v) is 25.2. The number of rotatable bonds is 17.